The van der Waals surface area contributed by atoms with Crippen LogP contribution in [0.5, 0.6) is 0 Å². The molecule has 0 aliphatic heterocycles. The highest BCUT2D eigenvalue weighted by Crippen LogP contribution is 2.27. The van der Waals surface area contributed by atoms with Crippen LogP contribution in [-0.4, -0.2) is 17.6 Å². The molecule has 110 valence electrons. The van der Waals surface area contributed by atoms with E-state index in [4.69, 9.17) is 4.74 Å². The Bertz CT molecular complexity index is 831. The van der Waals surface area contributed by atoms with Crippen molar-refractivity contribution in [2.45, 2.75) is 6.92 Å². The van der Waals surface area contributed by atoms with E-state index in [9.17, 15) is 4.79 Å². The summed E-state index contributed by atoms with van der Waals surface area (Å²) < 4.78 is 6.09. The minimum Gasteiger partial charge on any atom is -0.462 e. The van der Waals surface area contributed by atoms with Crippen LogP contribution >= 0.6 is 15.9 Å². The van der Waals surface area contributed by atoms with Crippen molar-refractivity contribution in [3.05, 3.63) is 64.6 Å². The Labute approximate surface area is 137 Å². The predicted molar refractivity (Wildman–Crippen MR) is 90.8 cm³/mol. The molecule has 0 saturated heterocycles. The van der Waals surface area contributed by atoms with E-state index < -0.39 is 0 Å². The van der Waals surface area contributed by atoms with Gasteiger partial charge in [-0.15, -0.1) is 0 Å². The molecule has 0 fully saturated rings. The van der Waals surface area contributed by atoms with Crippen molar-refractivity contribution in [1.29, 1.82) is 0 Å². The molecular weight excluding hydrogens is 342 g/mol. The van der Waals surface area contributed by atoms with E-state index in [2.05, 4.69) is 20.9 Å². The van der Waals surface area contributed by atoms with Crippen LogP contribution in [0.1, 0.15) is 17.3 Å². The van der Waals surface area contributed by atoms with Crippen LogP contribution in [0, 0.1) is 0 Å². The molecule has 0 unspecified atom stereocenters. The summed E-state index contributed by atoms with van der Waals surface area (Å²) in [4.78, 5) is 16.9. The molecule has 0 N–H and O–H groups in total. The molecule has 0 saturated carbocycles. The van der Waals surface area contributed by atoms with Gasteiger partial charge in [-0.2, -0.15) is 0 Å². The first kappa shape index (κ1) is 14.7. The molecule has 0 aliphatic rings. The maximum atomic E-state index is 12.3. The molecule has 0 amide bonds. The van der Waals surface area contributed by atoms with Crippen LogP contribution in [0.4, 0.5) is 0 Å². The lowest BCUT2D eigenvalue weighted by molar-refractivity contribution is 0.0528. The zero-order valence-corrected chi connectivity index (χ0v) is 13.6. The van der Waals surface area contributed by atoms with Gasteiger partial charge in [0.1, 0.15) is 0 Å². The van der Waals surface area contributed by atoms with Crippen LogP contribution in [0.25, 0.3) is 22.2 Å². The number of aromatic nitrogens is 1. The molecule has 0 aliphatic carbocycles. The number of pyridine rings is 1. The van der Waals surface area contributed by atoms with Crippen molar-refractivity contribution in [2.75, 3.05) is 6.61 Å². The van der Waals surface area contributed by atoms with Crippen LogP contribution in [0.15, 0.2) is 59.1 Å². The quantitative estimate of drug-likeness (QED) is 0.631. The fourth-order valence-electron chi connectivity index (χ4n) is 2.33. The van der Waals surface area contributed by atoms with E-state index in [1.165, 1.54) is 0 Å². The first-order valence-corrected chi connectivity index (χ1v) is 7.81. The lowest BCUT2D eigenvalue weighted by Crippen LogP contribution is -2.06. The van der Waals surface area contributed by atoms with E-state index in [-0.39, 0.29) is 5.97 Å². The fraction of sp³-hybridized carbons (Fsp3) is 0.111. The summed E-state index contributed by atoms with van der Waals surface area (Å²) >= 11 is 3.44. The number of hydrogen-bond donors (Lipinski definition) is 0. The standard InChI is InChI=1S/C18H14BrNO2/c1-2-22-18(21)15-11-17(12-6-4-3-5-7-12)20-16-9-8-13(19)10-14(15)16/h3-11H,2H2,1H3. The number of carbonyl (C=O) groups excluding carboxylic acids is 1. The third-order valence-electron chi connectivity index (χ3n) is 3.34. The molecule has 3 rings (SSSR count). The minimum atomic E-state index is -0.329. The molecule has 4 heteroatoms. The number of esters is 1. The third kappa shape index (κ3) is 2.88. The molecule has 0 spiro atoms. The third-order valence-corrected chi connectivity index (χ3v) is 3.83. The Morgan fingerprint density at radius 2 is 1.91 bits per heavy atom. The van der Waals surface area contributed by atoms with Gasteiger partial charge in [-0.25, -0.2) is 9.78 Å². The number of benzene rings is 2. The van der Waals surface area contributed by atoms with Crippen LogP contribution < -0.4 is 0 Å². The molecule has 22 heavy (non-hydrogen) atoms. The summed E-state index contributed by atoms with van der Waals surface area (Å²) in [6, 6.07) is 17.3. The van der Waals surface area contributed by atoms with Gasteiger partial charge >= 0.3 is 5.97 Å². The van der Waals surface area contributed by atoms with Gasteiger partial charge in [0.25, 0.3) is 0 Å². The van der Waals surface area contributed by atoms with Crippen molar-refractivity contribution in [2.24, 2.45) is 0 Å². The van der Waals surface area contributed by atoms with Gasteiger partial charge in [-0.3, -0.25) is 0 Å². The number of hydrogen-bond acceptors (Lipinski definition) is 3. The second-order valence-corrected chi connectivity index (χ2v) is 5.72. The predicted octanol–water partition coefficient (Wildman–Crippen LogP) is 4.84. The van der Waals surface area contributed by atoms with Crippen LogP contribution in [0.3, 0.4) is 0 Å². The second-order valence-electron chi connectivity index (χ2n) is 4.80. The summed E-state index contributed by atoms with van der Waals surface area (Å²) in [5, 5.41) is 0.785. The van der Waals surface area contributed by atoms with Crippen molar-refractivity contribution in [1.82, 2.24) is 4.98 Å². The molecule has 1 aromatic heterocycles. The molecular formula is C18H14BrNO2. The number of nitrogens with zero attached hydrogens (tertiary/aromatic N) is 1. The Hall–Kier alpha value is -2.20. The molecule has 0 radical (unpaired) electrons. The van der Waals surface area contributed by atoms with Crippen molar-refractivity contribution in [3.8, 4) is 11.3 Å². The van der Waals surface area contributed by atoms with Crippen molar-refractivity contribution in [3.63, 3.8) is 0 Å². The Morgan fingerprint density at radius 1 is 1.14 bits per heavy atom. The Balaban J connectivity index is 2.25. The smallest absolute Gasteiger partial charge is 0.338 e. The maximum absolute atomic E-state index is 12.3. The highest BCUT2D eigenvalue weighted by Gasteiger charge is 2.15. The van der Waals surface area contributed by atoms with Gasteiger partial charge in [0.05, 0.1) is 23.4 Å². The zero-order valence-electron chi connectivity index (χ0n) is 12.0. The minimum absolute atomic E-state index is 0.329. The molecule has 2 aromatic carbocycles. The molecule has 3 aromatic rings. The second kappa shape index (κ2) is 6.28. The largest absolute Gasteiger partial charge is 0.462 e. The van der Waals surface area contributed by atoms with Gasteiger partial charge in [-0.1, -0.05) is 46.3 Å². The van der Waals surface area contributed by atoms with E-state index >= 15 is 0 Å². The van der Waals surface area contributed by atoms with Crippen LogP contribution in [-0.2, 0) is 4.74 Å². The number of rotatable bonds is 3. The van der Waals surface area contributed by atoms with Crippen molar-refractivity contribution >= 4 is 32.8 Å². The Morgan fingerprint density at radius 3 is 2.64 bits per heavy atom. The number of halogens is 1. The van der Waals surface area contributed by atoms with Gasteiger partial charge in [-0.05, 0) is 31.2 Å². The SMILES string of the molecule is CCOC(=O)c1cc(-c2ccccc2)nc2ccc(Br)cc12. The summed E-state index contributed by atoms with van der Waals surface area (Å²) in [6.45, 7) is 2.15. The van der Waals surface area contributed by atoms with Gasteiger partial charge in [0, 0.05) is 15.4 Å². The van der Waals surface area contributed by atoms with Crippen LogP contribution in [0.2, 0.25) is 0 Å². The lowest BCUT2D eigenvalue weighted by Gasteiger charge is -2.09. The summed E-state index contributed by atoms with van der Waals surface area (Å²) in [5.41, 5.74) is 3.04. The molecule has 1 heterocycles. The summed E-state index contributed by atoms with van der Waals surface area (Å²) in [7, 11) is 0. The lowest BCUT2D eigenvalue weighted by atomic mass is 10.0. The fourth-order valence-corrected chi connectivity index (χ4v) is 2.69. The highest BCUT2D eigenvalue weighted by molar-refractivity contribution is 9.10. The van der Waals surface area contributed by atoms with Gasteiger partial charge in [0.2, 0.25) is 0 Å². The molecule has 0 atom stereocenters. The average molecular weight is 356 g/mol. The van der Waals surface area contributed by atoms with E-state index in [1.807, 2.05) is 48.5 Å². The van der Waals surface area contributed by atoms with E-state index in [0.717, 1.165) is 26.6 Å². The molecule has 0 bridgehead atoms. The Kier molecular flexibility index (Phi) is 4.20. The normalized spacial score (nSPS) is 10.6. The average Bonchev–Trinajstić information content (AvgIpc) is 2.55. The highest BCUT2D eigenvalue weighted by atomic mass is 79.9. The number of carbonyl (C=O) groups is 1. The van der Waals surface area contributed by atoms with E-state index in [0.29, 0.717) is 12.2 Å². The first-order valence-electron chi connectivity index (χ1n) is 7.02. The summed E-state index contributed by atoms with van der Waals surface area (Å²) in [6.07, 6.45) is 0. The van der Waals surface area contributed by atoms with Gasteiger partial charge in [0.15, 0.2) is 0 Å². The maximum Gasteiger partial charge on any atom is 0.338 e. The first-order chi connectivity index (χ1) is 10.7. The zero-order chi connectivity index (χ0) is 15.5. The van der Waals surface area contributed by atoms with E-state index in [1.54, 1.807) is 13.0 Å². The van der Waals surface area contributed by atoms with Gasteiger partial charge < -0.3 is 4.74 Å². The topological polar surface area (TPSA) is 39.2 Å². The monoisotopic (exact) mass is 355 g/mol. The number of fused-ring (bicyclic) bond motifs is 1. The van der Waals surface area contributed by atoms with Crippen molar-refractivity contribution < 1.29 is 9.53 Å². The number of ether oxygens (including phenoxy) is 1. The summed E-state index contributed by atoms with van der Waals surface area (Å²) in [5.74, 6) is -0.329. The molecule has 3 nitrogen and oxygen atoms in total.